The smallest absolute Gasteiger partial charge is 0.251 e. The molecule has 0 saturated carbocycles. The Morgan fingerprint density at radius 3 is 2.81 bits per heavy atom. The Bertz CT molecular complexity index is 351. The molecule has 4 N–H and O–H groups in total. The molecule has 0 fully saturated rings. The van der Waals surface area contributed by atoms with E-state index in [4.69, 9.17) is 10.8 Å². The number of amides is 1. The molecule has 1 amide bonds. The number of carbonyl (C=O) groups excluding carboxylic acids is 1. The van der Waals surface area contributed by atoms with E-state index in [0.29, 0.717) is 18.5 Å². The molecule has 1 aromatic carbocycles. The third kappa shape index (κ3) is 3.64. The van der Waals surface area contributed by atoms with E-state index in [0.717, 1.165) is 5.56 Å². The lowest BCUT2D eigenvalue weighted by molar-refractivity contribution is 0.0923. The molecule has 0 aliphatic carbocycles. The summed E-state index contributed by atoms with van der Waals surface area (Å²) in [6.07, 6.45) is 0.142. The molecule has 1 atom stereocenters. The predicted octanol–water partition coefficient (Wildman–Crippen LogP) is 0.298. The van der Waals surface area contributed by atoms with Crippen LogP contribution in [0.15, 0.2) is 24.3 Å². The molecular weight excluding hydrogens is 204 g/mol. The van der Waals surface area contributed by atoms with E-state index >= 15 is 0 Å². The average molecular weight is 222 g/mol. The Kier molecular flexibility index (Phi) is 4.95. The van der Waals surface area contributed by atoms with E-state index in [-0.39, 0.29) is 12.5 Å². The Balaban J connectivity index is 2.73. The van der Waals surface area contributed by atoms with Crippen molar-refractivity contribution >= 4 is 5.91 Å². The van der Waals surface area contributed by atoms with Crippen LogP contribution in [0.1, 0.15) is 22.8 Å². The number of hydrogen-bond acceptors (Lipinski definition) is 3. The summed E-state index contributed by atoms with van der Waals surface area (Å²) in [7, 11) is 0. The molecule has 0 spiro atoms. The van der Waals surface area contributed by atoms with Gasteiger partial charge in [0.15, 0.2) is 0 Å². The van der Waals surface area contributed by atoms with Crippen molar-refractivity contribution in [3.05, 3.63) is 35.4 Å². The van der Waals surface area contributed by atoms with Gasteiger partial charge in [-0.2, -0.15) is 0 Å². The van der Waals surface area contributed by atoms with Crippen molar-refractivity contribution < 1.29 is 9.90 Å². The first-order valence-electron chi connectivity index (χ1n) is 5.39. The average Bonchev–Trinajstić information content (AvgIpc) is 2.27. The molecule has 0 aromatic heterocycles. The molecule has 0 heterocycles. The normalized spacial score (nSPS) is 12.2. The van der Waals surface area contributed by atoms with Crippen LogP contribution in [0, 0.1) is 0 Å². The van der Waals surface area contributed by atoms with Crippen LogP contribution >= 0.6 is 0 Å². The molecule has 0 bridgehead atoms. The minimum Gasteiger partial charge on any atom is -0.392 e. The number of benzene rings is 1. The first-order valence-corrected chi connectivity index (χ1v) is 5.39. The largest absolute Gasteiger partial charge is 0.392 e. The lowest BCUT2D eigenvalue weighted by atomic mass is 10.0. The molecule has 1 rings (SSSR count). The van der Waals surface area contributed by atoms with Gasteiger partial charge in [-0.05, 0) is 31.5 Å². The third-order valence-electron chi connectivity index (χ3n) is 2.23. The molecule has 1 aromatic rings. The van der Waals surface area contributed by atoms with Gasteiger partial charge < -0.3 is 16.2 Å². The van der Waals surface area contributed by atoms with Gasteiger partial charge in [0.25, 0.3) is 5.91 Å². The highest BCUT2D eigenvalue weighted by Gasteiger charge is 2.10. The number of nitrogens with two attached hydrogens (primary N) is 1. The van der Waals surface area contributed by atoms with Crippen LogP contribution in [-0.4, -0.2) is 30.2 Å². The Labute approximate surface area is 95.5 Å². The van der Waals surface area contributed by atoms with Crippen molar-refractivity contribution in [2.75, 3.05) is 13.1 Å². The van der Waals surface area contributed by atoms with Gasteiger partial charge in [-0.3, -0.25) is 4.79 Å². The van der Waals surface area contributed by atoms with Crippen LogP contribution in [-0.2, 0) is 6.42 Å². The van der Waals surface area contributed by atoms with Crippen molar-refractivity contribution in [3.63, 3.8) is 0 Å². The second kappa shape index (κ2) is 6.25. The van der Waals surface area contributed by atoms with Crippen LogP contribution in [0.4, 0.5) is 0 Å². The molecule has 0 unspecified atom stereocenters. The van der Waals surface area contributed by atoms with Crippen molar-refractivity contribution in [1.82, 2.24) is 5.32 Å². The van der Waals surface area contributed by atoms with Gasteiger partial charge >= 0.3 is 0 Å². The topological polar surface area (TPSA) is 75.3 Å². The lowest BCUT2D eigenvalue weighted by Crippen LogP contribution is -2.31. The molecule has 0 saturated heterocycles. The van der Waals surface area contributed by atoms with Crippen LogP contribution in [0.3, 0.4) is 0 Å². The minimum atomic E-state index is -0.536. The second-order valence-corrected chi connectivity index (χ2v) is 3.75. The van der Waals surface area contributed by atoms with Crippen molar-refractivity contribution in [1.29, 1.82) is 0 Å². The fourth-order valence-corrected chi connectivity index (χ4v) is 1.45. The number of aliphatic hydroxyl groups is 1. The summed E-state index contributed by atoms with van der Waals surface area (Å²) in [6, 6.07) is 7.36. The predicted molar refractivity (Wildman–Crippen MR) is 63.2 cm³/mol. The highest BCUT2D eigenvalue weighted by Crippen LogP contribution is 2.08. The van der Waals surface area contributed by atoms with E-state index in [1.807, 2.05) is 18.2 Å². The molecule has 0 aliphatic heterocycles. The summed E-state index contributed by atoms with van der Waals surface area (Å²) in [4.78, 5) is 11.8. The number of carbonyl (C=O) groups is 1. The number of nitrogens with one attached hydrogen (secondary N) is 1. The molecule has 4 heteroatoms. The zero-order valence-electron chi connectivity index (χ0n) is 9.44. The van der Waals surface area contributed by atoms with Crippen LogP contribution in [0.2, 0.25) is 0 Å². The maximum absolute atomic E-state index is 11.8. The van der Waals surface area contributed by atoms with Gasteiger partial charge in [-0.1, -0.05) is 18.2 Å². The van der Waals surface area contributed by atoms with Gasteiger partial charge in [-0.25, -0.2) is 0 Å². The summed E-state index contributed by atoms with van der Waals surface area (Å²) in [5, 5.41) is 11.8. The summed E-state index contributed by atoms with van der Waals surface area (Å²) in [5.74, 6) is -0.162. The van der Waals surface area contributed by atoms with E-state index in [2.05, 4.69) is 5.32 Å². The molecule has 0 aliphatic rings. The fraction of sp³-hybridized carbons (Fsp3) is 0.417. The summed E-state index contributed by atoms with van der Waals surface area (Å²) < 4.78 is 0. The zero-order chi connectivity index (χ0) is 12.0. The van der Waals surface area contributed by atoms with Gasteiger partial charge in [0.05, 0.1) is 6.10 Å². The Morgan fingerprint density at radius 1 is 1.50 bits per heavy atom. The molecule has 16 heavy (non-hydrogen) atoms. The third-order valence-corrected chi connectivity index (χ3v) is 2.23. The van der Waals surface area contributed by atoms with E-state index in [1.54, 1.807) is 13.0 Å². The number of hydrogen-bond donors (Lipinski definition) is 3. The van der Waals surface area contributed by atoms with Gasteiger partial charge in [0.2, 0.25) is 0 Å². The SMILES string of the molecule is C[C@@H](O)CNC(=O)c1ccccc1CCN. The minimum absolute atomic E-state index is 0.162. The van der Waals surface area contributed by atoms with Crippen molar-refractivity contribution in [3.8, 4) is 0 Å². The van der Waals surface area contributed by atoms with Gasteiger partial charge in [0, 0.05) is 12.1 Å². The molecular formula is C12H18N2O2. The van der Waals surface area contributed by atoms with Gasteiger partial charge in [-0.15, -0.1) is 0 Å². The van der Waals surface area contributed by atoms with E-state index in [9.17, 15) is 4.79 Å². The first-order chi connectivity index (χ1) is 7.65. The Hall–Kier alpha value is -1.39. The second-order valence-electron chi connectivity index (χ2n) is 3.75. The van der Waals surface area contributed by atoms with Crippen LogP contribution < -0.4 is 11.1 Å². The standard InChI is InChI=1S/C12H18N2O2/c1-9(15)8-14-12(16)11-5-3-2-4-10(11)6-7-13/h2-5,9,15H,6-8,13H2,1H3,(H,14,16)/t9-/m1/s1. The fourth-order valence-electron chi connectivity index (χ4n) is 1.45. The maximum Gasteiger partial charge on any atom is 0.251 e. The number of aliphatic hydroxyl groups excluding tert-OH is 1. The van der Waals surface area contributed by atoms with Crippen molar-refractivity contribution in [2.45, 2.75) is 19.4 Å². The summed E-state index contributed by atoms with van der Waals surface area (Å²) in [6.45, 7) is 2.41. The van der Waals surface area contributed by atoms with E-state index in [1.165, 1.54) is 0 Å². The maximum atomic E-state index is 11.8. The monoisotopic (exact) mass is 222 g/mol. The number of rotatable bonds is 5. The summed E-state index contributed by atoms with van der Waals surface area (Å²) in [5.41, 5.74) is 7.05. The molecule has 88 valence electrons. The molecule has 0 radical (unpaired) electrons. The van der Waals surface area contributed by atoms with Crippen molar-refractivity contribution in [2.24, 2.45) is 5.73 Å². The summed E-state index contributed by atoms with van der Waals surface area (Å²) >= 11 is 0. The first kappa shape index (κ1) is 12.7. The lowest BCUT2D eigenvalue weighted by Gasteiger charge is -2.10. The highest BCUT2D eigenvalue weighted by atomic mass is 16.3. The van der Waals surface area contributed by atoms with Crippen LogP contribution in [0.5, 0.6) is 0 Å². The van der Waals surface area contributed by atoms with Gasteiger partial charge in [0.1, 0.15) is 0 Å². The quantitative estimate of drug-likeness (QED) is 0.670. The Morgan fingerprint density at radius 2 is 2.19 bits per heavy atom. The van der Waals surface area contributed by atoms with E-state index < -0.39 is 6.10 Å². The molecule has 4 nitrogen and oxygen atoms in total. The zero-order valence-corrected chi connectivity index (χ0v) is 9.44. The van der Waals surface area contributed by atoms with Crippen LogP contribution in [0.25, 0.3) is 0 Å². The highest BCUT2D eigenvalue weighted by molar-refractivity contribution is 5.95.